The molecule has 2 fully saturated rings. The zero-order chi connectivity index (χ0) is 42.5. The number of rotatable bonds is 12. The zero-order valence-electron chi connectivity index (χ0n) is 36.4. The SMILES string of the molecule is CC(N)(CCC(=O)O)c1ccc2cc(OC3CCC(C(C)(C)C)CC3)ccc2c1.CC(N)(CCC(=O)O)c1ccc2cc(OC3CCC(C(C)(C)C)CC3)ccc2c1. The number of nitrogens with two attached hydrogens (primary N) is 2. The average Bonchev–Trinajstić information content (AvgIpc) is 3.16. The number of fused-ring (bicyclic) bond motifs is 2. The molecule has 0 amide bonds. The number of aliphatic carboxylic acids is 2. The highest BCUT2D eigenvalue weighted by Gasteiger charge is 2.32. The van der Waals surface area contributed by atoms with Crippen LogP contribution < -0.4 is 20.9 Å². The summed E-state index contributed by atoms with van der Waals surface area (Å²) in [5.74, 6) is 1.77. The Hall–Kier alpha value is -4.14. The minimum Gasteiger partial charge on any atom is -0.490 e. The molecular weight excluding hydrogens is 725 g/mol. The van der Waals surface area contributed by atoms with Crippen molar-refractivity contribution in [3.8, 4) is 11.5 Å². The third kappa shape index (κ3) is 12.4. The second kappa shape index (κ2) is 18.4. The van der Waals surface area contributed by atoms with Crippen LogP contribution in [0.25, 0.3) is 21.5 Å². The molecule has 0 spiro atoms. The van der Waals surface area contributed by atoms with Gasteiger partial charge in [0.25, 0.3) is 0 Å². The van der Waals surface area contributed by atoms with Gasteiger partial charge in [-0.15, -0.1) is 0 Å². The second-order valence-corrected chi connectivity index (χ2v) is 20.0. The van der Waals surface area contributed by atoms with Crippen molar-refractivity contribution in [3.05, 3.63) is 83.9 Å². The highest BCUT2D eigenvalue weighted by Crippen LogP contribution is 2.41. The maximum absolute atomic E-state index is 10.9. The maximum Gasteiger partial charge on any atom is 0.303 e. The molecule has 58 heavy (non-hydrogen) atoms. The lowest BCUT2D eigenvalue weighted by atomic mass is 9.72. The van der Waals surface area contributed by atoms with Crippen LogP contribution in [0.4, 0.5) is 0 Å². The molecule has 2 aliphatic carbocycles. The van der Waals surface area contributed by atoms with Crippen LogP contribution in [0, 0.1) is 22.7 Å². The van der Waals surface area contributed by atoms with E-state index in [1.807, 2.05) is 38.1 Å². The number of benzene rings is 4. The van der Waals surface area contributed by atoms with Crippen molar-refractivity contribution >= 4 is 33.5 Å². The van der Waals surface area contributed by atoms with Gasteiger partial charge >= 0.3 is 11.9 Å². The van der Waals surface area contributed by atoms with E-state index in [0.717, 1.165) is 81.7 Å². The molecule has 316 valence electrons. The van der Waals surface area contributed by atoms with E-state index in [1.165, 1.54) is 25.7 Å². The van der Waals surface area contributed by atoms with Crippen molar-refractivity contribution in [1.29, 1.82) is 0 Å². The van der Waals surface area contributed by atoms with Crippen LogP contribution in [0.2, 0.25) is 0 Å². The monoisotopic (exact) mass is 795 g/mol. The Bertz CT molecular complexity index is 1860. The number of ether oxygens (including phenoxy) is 2. The van der Waals surface area contributed by atoms with Gasteiger partial charge in [0.2, 0.25) is 0 Å². The lowest BCUT2D eigenvalue weighted by Crippen LogP contribution is -2.33. The lowest BCUT2D eigenvalue weighted by molar-refractivity contribution is -0.138. The quantitative estimate of drug-likeness (QED) is 0.111. The van der Waals surface area contributed by atoms with Gasteiger partial charge in [0.05, 0.1) is 12.2 Å². The van der Waals surface area contributed by atoms with Crippen molar-refractivity contribution < 1.29 is 29.3 Å². The van der Waals surface area contributed by atoms with E-state index >= 15 is 0 Å². The number of carbonyl (C=O) groups is 2. The highest BCUT2D eigenvalue weighted by atomic mass is 16.5. The molecule has 6 N–H and O–H groups in total. The minimum atomic E-state index is -0.819. The first-order valence-corrected chi connectivity index (χ1v) is 21.5. The molecule has 0 aliphatic heterocycles. The molecule has 4 aromatic rings. The fourth-order valence-corrected chi connectivity index (χ4v) is 8.80. The summed E-state index contributed by atoms with van der Waals surface area (Å²) in [7, 11) is 0. The molecule has 8 nitrogen and oxygen atoms in total. The molecule has 0 heterocycles. The molecule has 2 aliphatic rings. The molecule has 0 bridgehead atoms. The van der Waals surface area contributed by atoms with Crippen molar-refractivity contribution in [1.82, 2.24) is 0 Å². The Kier molecular flexibility index (Phi) is 14.3. The smallest absolute Gasteiger partial charge is 0.303 e. The number of hydrogen-bond acceptors (Lipinski definition) is 6. The van der Waals surface area contributed by atoms with Gasteiger partial charge < -0.3 is 31.2 Å². The summed E-state index contributed by atoms with van der Waals surface area (Å²) in [5, 5.41) is 22.3. The molecular formula is C50H70N2O6. The van der Waals surface area contributed by atoms with Crippen molar-refractivity contribution in [2.75, 3.05) is 0 Å². The zero-order valence-corrected chi connectivity index (χ0v) is 36.4. The Morgan fingerprint density at radius 3 is 1.14 bits per heavy atom. The van der Waals surface area contributed by atoms with Crippen molar-refractivity contribution in [2.45, 2.75) is 156 Å². The van der Waals surface area contributed by atoms with Crippen LogP contribution in [0.15, 0.2) is 72.8 Å². The van der Waals surface area contributed by atoms with Crippen LogP contribution in [-0.4, -0.2) is 34.4 Å². The van der Waals surface area contributed by atoms with E-state index in [1.54, 1.807) is 0 Å². The minimum absolute atomic E-state index is 0.0648. The van der Waals surface area contributed by atoms with Crippen LogP contribution in [0.1, 0.15) is 144 Å². The second-order valence-electron chi connectivity index (χ2n) is 20.0. The van der Waals surface area contributed by atoms with E-state index < -0.39 is 23.0 Å². The summed E-state index contributed by atoms with van der Waals surface area (Å²) >= 11 is 0. The highest BCUT2D eigenvalue weighted by molar-refractivity contribution is 5.85. The summed E-state index contributed by atoms with van der Waals surface area (Å²) in [6, 6.07) is 24.7. The van der Waals surface area contributed by atoms with Gasteiger partial charge in [-0.25, -0.2) is 0 Å². The number of hydrogen-bond donors (Lipinski definition) is 4. The molecule has 2 atom stereocenters. The van der Waals surface area contributed by atoms with E-state index in [4.69, 9.17) is 31.2 Å². The topological polar surface area (TPSA) is 145 Å². The van der Waals surface area contributed by atoms with E-state index in [9.17, 15) is 9.59 Å². The Morgan fingerprint density at radius 1 is 0.517 bits per heavy atom. The van der Waals surface area contributed by atoms with Crippen molar-refractivity contribution in [3.63, 3.8) is 0 Å². The van der Waals surface area contributed by atoms with Gasteiger partial charge in [0.15, 0.2) is 0 Å². The maximum atomic E-state index is 10.9. The first kappa shape index (κ1) is 45.0. The van der Waals surface area contributed by atoms with Gasteiger partial charge in [-0.3, -0.25) is 9.59 Å². The van der Waals surface area contributed by atoms with Crippen LogP contribution in [-0.2, 0) is 20.7 Å². The Labute approximate surface area is 347 Å². The summed E-state index contributed by atoms with van der Waals surface area (Å²) in [6.07, 6.45) is 11.0. The van der Waals surface area contributed by atoms with Crippen LogP contribution in [0.3, 0.4) is 0 Å². The van der Waals surface area contributed by atoms with Crippen LogP contribution >= 0.6 is 0 Å². The fraction of sp³-hybridized carbons (Fsp3) is 0.560. The Balaban J connectivity index is 0.000000221. The average molecular weight is 795 g/mol. The summed E-state index contributed by atoms with van der Waals surface area (Å²) in [5.41, 5.74) is 14.1. The molecule has 6 rings (SSSR count). The fourth-order valence-electron chi connectivity index (χ4n) is 8.80. The summed E-state index contributed by atoms with van der Waals surface area (Å²) < 4.78 is 12.6. The van der Waals surface area contributed by atoms with Gasteiger partial charge in [-0.2, -0.15) is 0 Å². The first-order chi connectivity index (χ1) is 27.1. The molecule has 4 aromatic carbocycles. The summed E-state index contributed by atoms with van der Waals surface area (Å²) in [6.45, 7) is 17.8. The molecule has 2 saturated carbocycles. The van der Waals surface area contributed by atoms with E-state index in [2.05, 4.69) is 90.1 Å². The van der Waals surface area contributed by atoms with Gasteiger partial charge in [0, 0.05) is 23.9 Å². The first-order valence-electron chi connectivity index (χ1n) is 21.5. The standard InChI is InChI=1S/2C25H35NO3/c2*1-24(2,3)19-8-11-21(12-9-19)29-22-10-6-17-15-20(7-5-18(17)16-22)25(4,26)14-13-23(27)28/h2*5-7,10,15-16,19,21H,8-9,11-14,26H2,1-4H3,(H,27,28). The van der Waals surface area contributed by atoms with Gasteiger partial charge in [-0.05, 0) is 170 Å². The van der Waals surface area contributed by atoms with Gasteiger partial charge in [-0.1, -0.05) is 77.9 Å². The molecule has 0 aromatic heterocycles. The largest absolute Gasteiger partial charge is 0.490 e. The van der Waals surface area contributed by atoms with Gasteiger partial charge in [0.1, 0.15) is 11.5 Å². The van der Waals surface area contributed by atoms with Crippen LogP contribution in [0.5, 0.6) is 11.5 Å². The van der Waals surface area contributed by atoms with E-state index in [-0.39, 0.29) is 12.8 Å². The molecule has 0 saturated heterocycles. The third-order valence-electron chi connectivity index (χ3n) is 13.1. The number of carboxylic acid groups (broad SMARTS) is 2. The third-order valence-corrected chi connectivity index (χ3v) is 13.1. The Morgan fingerprint density at radius 2 is 0.828 bits per heavy atom. The molecule has 0 radical (unpaired) electrons. The summed E-state index contributed by atoms with van der Waals surface area (Å²) in [4.78, 5) is 21.8. The molecule has 8 heteroatoms. The number of carboxylic acids is 2. The normalized spacial score (nSPS) is 22.2. The predicted octanol–water partition coefficient (Wildman–Crippen LogP) is 11.7. The van der Waals surface area contributed by atoms with E-state index in [0.29, 0.717) is 35.9 Å². The predicted molar refractivity (Wildman–Crippen MR) is 236 cm³/mol. The molecule has 2 unspecified atom stereocenters. The lowest BCUT2D eigenvalue weighted by Gasteiger charge is -2.37. The van der Waals surface area contributed by atoms with Crippen molar-refractivity contribution in [2.24, 2.45) is 34.1 Å².